The number of likely N-dealkylation sites (N-methyl/N-ethyl adjacent to an activating group) is 1. The van der Waals surface area contributed by atoms with E-state index in [1.165, 1.54) is 40.8 Å². The first-order chi connectivity index (χ1) is 13.8. The maximum atomic E-state index is 14.5. The van der Waals surface area contributed by atoms with Gasteiger partial charge in [-0.1, -0.05) is 17.7 Å². The Morgan fingerprint density at radius 3 is 2.69 bits per heavy atom. The molecular weight excluding hydrogens is 370 g/mol. The summed E-state index contributed by atoms with van der Waals surface area (Å²) in [6.45, 7) is 3.93. The molecule has 29 heavy (non-hydrogen) atoms. The molecule has 2 aromatic carbocycles. The Labute approximate surface area is 169 Å². The van der Waals surface area contributed by atoms with Crippen LogP contribution in [0.1, 0.15) is 48.2 Å². The maximum absolute atomic E-state index is 14.5. The Morgan fingerprint density at radius 2 is 1.93 bits per heavy atom. The molecule has 0 aliphatic carbocycles. The molecule has 0 saturated carbocycles. The van der Waals surface area contributed by atoms with E-state index in [1.54, 1.807) is 6.92 Å². The summed E-state index contributed by atoms with van der Waals surface area (Å²) in [5.74, 6) is -1.35. The first-order valence-corrected chi connectivity index (χ1v) is 10.3. The third-order valence-electron chi connectivity index (χ3n) is 6.95. The van der Waals surface area contributed by atoms with E-state index in [-0.39, 0.29) is 12.1 Å². The van der Waals surface area contributed by atoms with Crippen molar-refractivity contribution in [3.63, 3.8) is 0 Å². The van der Waals surface area contributed by atoms with Crippen LogP contribution < -0.4 is 0 Å². The van der Waals surface area contributed by atoms with Gasteiger partial charge in [-0.15, -0.1) is 0 Å². The number of aryl methyl sites for hydroxylation is 1. The fraction of sp³-hybridized carbons (Fsp3) is 0.417. The molecule has 3 nitrogen and oxygen atoms in total. The summed E-state index contributed by atoms with van der Waals surface area (Å²) in [6.07, 6.45) is 3.24. The molecule has 0 amide bonds. The second kappa shape index (κ2) is 6.38. The van der Waals surface area contributed by atoms with E-state index in [9.17, 15) is 13.9 Å². The van der Waals surface area contributed by atoms with Crippen molar-refractivity contribution in [2.45, 2.75) is 57.3 Å². The first-order valence-electron chi connectivity index (χ1n) is 10.3. The van der Waals surface area contributed by atoms with E-state index in [2.05, 4.69) is 41.6 Å². The number of aromatic nitrogens is 1. The third kappa shape index (κ3) is 2.82. The van der Waals surface area contributed by atoms with Gasteiger partial charge >= 0.3 is 0 Å². The third-order valence-corrected chi connectivity index (χ3v) is 6.95. The standard InChI is InChI=1S/C24H26F2N2O/c1-14-4-8-20-17(10-14)23-21-9-6-16(27(21)3)12-22(23)28(20)13-24(2,29)18-7-5-15(25)11-19(18)26/h4-5,7-8,10-11,16,21,29H,6,9,12-13H2,1-3H3. The van der Waals surface area contributed by atoms with Crippen LogP contribution in [0.25, 0.3) is 10.9 Å². The molecule has 5 heteroatoms. The summed E-state index contributed by atoms with van der Waals surface area (Å²) in [7, 11) is 2.20. The highest BCUT2D eigenvalue weighted by Gasteiger charge is 2.41. The van der Waals surface area contributed by atoms with E-state index in [1.807, 2.05) is 0 Å². The Hall–Kier alpha value is -2.24. The van der Waals surface area contributed by atoms with E-state index < -0.39 is 17.2 Å². The summed E-state index contributed by atoms with van der Waals surface area (Å²) < 4.78 is 30.0. The molecule has 3 atom stereocenters. The van der Waals surface area contributed by atoms with Crippen molar-refractivity contribution in [2.24, 2.45) is 0 Å². The zero-order valence-corrected chi connectivity index (χ0v) is 17.0. The van der Waals surface area contributed by atoms with Crippen LogP contribution in [-0.2, 0) is 18.6 Å². The quantitative estimate of drug-likeness (QED) is 0.687. The Morgan fingerprint density at radius 1 is 1.14 bits per heavy atom. The van der Waals surface area contributed by atoms with Gasteiger partial charge in [-0.05, 0) is 57.5 Å². The van der Waals surface area contributed by atoms with Crippen molar-refractivity contribution >= 4 is 10.9 Å². The lowest BCUT2D eigenvalue weighted by molar-refractivity contribution is 0.0345. The normalized spacial score (nSPS) is 23.4. The van der Waals surface area contributed by atoms with Gasteiger partial charge in [0.15, 0.2) is 0 Å². The van der Waals surface area contributed by atoms with Crippen LogP contribution in [-0.4, -0.2) is 27.7 Å². The van der Waals surface area contributed by atoms with E-state index in [0.717, 1.165) is 24.4 Å². The molecule has 2 aliphatic rings. The molecule has 2 aliphatic heterocycles. The highest BCUT2D eigenvalue weighted by atomic mass is 19.1. The second-order valence-corrected chi connectivity index (χ2v) is 8.98. The predicted molar refractivity (Wildman–Crippen MR) is 110 cm³/mol. The van der Waals surface area contributed by atoms with Crippen LogP contribution in [0.2, 0.25) is 0 Å². The lowest BCUT2D eigenvalue weighted by atomic mass is 9.94. The van der Waals surface area contributed by atoms with Gasteiger partial charge in [0.2, 0.25) is 0 Å². The van der Waals surface area contributed by atoms with Crippen molar-refractivity contribution in [1.82, 2.24) is 9.47 Å². The van der Waals surface area contributed by atoms with Crippen molar-refractivity contribution in [3.8, 4) is 0 Å². The van der Waals surface area contributed by atoms with Gasteiger partial charge in [-0.3, -0.25) is 4.90 Å². The maximum Gasteiger partial charge on any atom is 0.132 e. The van der Waals surface area contributed by atoms with E-state index >= 15 is 0 Å². The molecule has 1 N–H and O–H groups in total. The monoisotopic (exact) mass is 396 g/mol. The summed E-state index contributed by atoms with van der Waals surface area (Å²) in [5, 5.41) is 12.5. The summed E-state index contributed by atoms with van der Waals surface area (Å²) in [4.78, 5) is 2.48. The van der Waals surface area contributed by atoms with Gasteiger partial charge in [0.25, 0.3) is 0 Å². The fourth-order valence-electron chi connectivity index (χ4n) is 5.47. The Balaban J connectivity index is 1.67. The van der Waals surface area contributed by atoms with Crippen LogP contribution >= 0.6 is 0 Å². The Kier molecular flexibility index (Phi) is 4.13. The largest absolute Gasteiger partial charge is 0.383 e. The van der Waals surface area contributed by atoms with Crippen LogP contribution in [0, 0.1) is 18.6 Å². The molecular formula is C24H26F2N2O. The van der Waals surface area contributed by atoms with Crippen LogP contribution in [0.15, 0.2) is 36.4 Å². The van der Waals surface area contributed by atoms with Gasteiger partial charge < -0.3 is 9.67 Å². The zero-order chi connectivity index (χ0) is 20.5. The highest BCUT2D eigenvalue weighted by molar-refractivity contribution is 5.87. The molecule has 0 spiro atoms. The van der Waals surface area contributed by atoms with E-state index in [0.29, 0.717) is 12.1 Å². The number of benzene rings is 2. The van der Waals surface area contributed by atoms with Crippen molar-refractivity contribution in [3.05, 3.63) is 70.4 Å². The average molecular weight is 396 g/mol. The fourth-order valence-corrected chi connectivity index (χ4v) is 5.47. The van der Waals surface area contributed by atoms with Gasteiger partial charge in [0.1, 0.15) is 17.2 Å². The lowest BCUT2D eigenvalue weighted by Gasteiger charge is -2.33. The van der Waals surface area contributed by atoms with Crippen molar-refractivity contribution in [1.29, 1.82) is 0 Å². The molecule has 1 fully saturated rings. The lowest BCUT2D eigenvalue weighted by Crippen LogP contribution is -2.36. The number of halogens is 2. The molecule has 5 rings (SSSR count). The minimum atomic E-state index is -1.45. The molecule has 0 radical (unpaired) electrons. The summed E-state index contributed by atoms with van der Waals surface area (Å²) in [6, 6.07) is 10.7. The summed E-state index contributed by atoms with van der Waals surface area (Å²) in [5.41, 5.74) is 3.55. The van der Waals surface area contributed by atoms with Gasteiger partial charge in [-0.2, -0.15) is 0 Å². The molecule has 3 unspecified atom stereocenters. The molecule has 1 saturated heterocycles. The minimum Gasteiger partial charge on any atom is -0.383 e. The number of aliphatic hydroxyl groups is 1. The topological polar surface area (TPSA) is 28.4 Å². The SMILES string of the molecule is Cc1ccc2c(c1)c1c(n2CC(C)(O)c2ccc(F)cc2F)CC2CCC1N2C. The second-order valence-electron chi connectivity index (χ2n) is 8.98. The smallest absolute Gasteiger partial charge is 0.132 e. The first kappa shape index (κ1) is 18.8. The van der Waals surface area contributed by atoms with Crippen LogP contribution in [0.3, 0.4) is 0 Å². The van der Waals surface area contributed by atoms with Crippen molar-refractivity contribution in [2.75, 3.05) is 7.05 Å². The number of rotatable bonds is 3. The molecule has 152 valence electrons. The van der Waals surface area contributed by atoms with Gasteiger partial charge in [0.05, 0.1) is 6.54 Å². The van der Waals surface area contributed by atoms with Crippen LogP contribution in [0.4, 0.5) is 8.78 Å². The van der Waals surface area contributed by atoms with Crippen molar-refractivity contribution < 1.29 is 13.9 Å². The van der Waals surface area contributed by atoms with Crippen LogP contribution in [0.5, 0.6) is 0 Å². The predicted octanol–water partition coefficient (Wildman–Crippen LogP) is 4.83. The minimum absolute atomic E-state index is 0.123. The molecule has 1 aromatic heterocycles. The summed E-state index contributed by atoms with van der Waals surface area (Å²) >= 11 is 0. The molecule has 3 heterocycles. The highest BCUT2D eigenvalue weighted by Crippen LogP contribution is 2.47. The number of hydrogen-bond acceptors (Lipinski definition) is 2. The molecule has 2 bridgehead atoms. The number of nitrogens with zero attached hydrogens (tertiary/aromatic N) is 2. The van der Waals surface area contributed by atoms with E-state index in [4.69, 9.17) is 0 Å². The number of fused-ring (bicyclic) bond motifs is 6. The zero-order valence-electron chi connectivity index (χ0n) is 17.0. The molecule has 3 aromatic rings. The Bertz CT molecular complexity index is 1120. The average Bonchev–Trinajstić information content (AvgIpc) is 3.05. The van der Waals surface area contributed by atoms with Gasteiger partial charge in [0, 0.05) is 46.7 Å². The van der Waals surface area contributed by atoms with Gasteiger partial charge in [-0.25, -0.2) is 8.78 Å². The number of hydrogen-bond donors (Lipinski definition) is 1.